The number of aliphatic imine (C=N–C) groups is 1. The third kappa shape index (κ3) is 2.93. The van der Waals surface area contributed by atoms with Crippen molar-refractivity contribution in [1.82, 2.24) is 0 Å². The molecule has 0 unspecified atom stereocenters. The minimum absolute atomic E-state index is 0.00927. The van der Waals surface area contributed by atoms with Crippen LogP contribution in [0, 0.1) is 10.1 Å². The standard InChI is InChI=1S/C19H13N3O3S/c23-18-12-26-19(20-14-8-10-15(11-9-14)22(24)25)21(18)17-7-3-5-13-4-1-2-6-16(13)17/h1-11H,12H2. The Bertz CT molecular complexity index is 1040. The van der Waals surface area contributed by atoms with Crippen LogP contribution >= 0.6 is 11.8 Å². The monoisotopic (exact) mass is 363 g/mol. The molecule has 4 rings (SSSR count). The molecule has 0 N–H and O–H groups in total. The first kappa shape index (κ1) is 16.3. The predicted octanol–water partition coefficient (Wildman–Crippen LogP) is 4.52. The zero-order chi connectivity index (χ0) is 18.1. The number of benzene rings is 3. The third-order valence-electron chi connectivity index (χ3n) is 4.06. The van der Waals surface area contributed by atoms with Crippen LogP contribution in [0.25, 0.3) is 10.8 Å². The van der Waals surface area contributed by atoms with Gasteiger partial charge in [-0.2, -0.15) is 0 Å². The molecule has 7 heteroatoms. The van der Waals surface area contributed by atoms with Crippen LogP contribution in [0.3, 0.4) is 0 Å². The van der Waals surface area contributed by atoms with Crippen LogP contribution in [0.1, 0.15) is 0 Å². The van der Waals surface area contributed by atoms with Crippen LogP contribution in [-0.2, 0) is 4.79 Å². The first-order valence-corrected chi connectivity index (χ1v) is 8.89. The number of hydrogen-bond acceptors (Lipinski definition) is 5. The van der Waals surface area contributed by atoms with E-state index in [0.717, 1.165) is 16.5 Å². The molecule has 0 saturated carbocycles. The van der Waals surface area contributed by atoms with E-state index in [9.17, 15) is 14.9 Å². The maximum absolute atomic E-state index is 12.5. The van der Waals surface area contributed by atoms with E-state index in [4.69, 9.17) is 0 Å². The summed E-state index contributed by atoms with van der Waals surface area (Å²) in [6.07, 6.45) is 0. The van der Waals surface area contributed by atoms with Gasteiger partial charge in [0.2, 0.25) is 5.91 Å². The van der Waals surface area contributed by atoms with Gasteiger partial charge in [-0.15, -0.1) is 0 Å². The fourth-order valence-electron chi connectivity index (χ4n) is 2.84. The van der Waals surface area contributed by atoms with E-state index in [1.165, 1.54) is 23.9 Å². The van der Waals surface area contributed by atoms with Crippen molar-refractivity contribution in [2.45, 2.75) is 0 Å². The lowest BCUT2D eigenvalue weighted by atomic mass is 10.1. The maximum atomic E-state index is 12.5. The van der Waals surface area contributed by atoms with E-state index < -0.39 is 4.92 Å². The van der Waals surface area contributed by atoms with Gasteiger partial charge in [-0.1, -0.05) is 48.2 Å². The van der Waals surface area contributed by atoms with Crippen molar-refractivity contribution in [3.63, 3.8) is 0 Å². The Kier molecular flexibility index (Phi) is 4.14. The zero-order valence-corrected chi connectivity index (χ0v) is 14.3. The summed E-state index contributed by atoms with van der Waals surface area (Å²) in [5.74, 6) is 0.279. The van der Waals surface area contributed by atoms with E-state index in [-0.39, 0.29) is 11.6 Å². The van der Waals surface area contributed by atoms with Crippen LogP contribution in [0.15, 0.2) is 71.7 Å². The number of anilines is 1. The van der Waals surface area contributed by atoms with Crippen molar-refractivity contribution in [1.29, 1.82) is 0 Å². The Labute approximate surface area is 153 Å². The van der Waals surface area contributed by atoms with Gasteiger partial charge in [-0.05, 0) is 23.6 Å². The molecule has 1 fully saturated rings. The van der Waals surface area contributed by atoms with Crippen LogP contribution in [-0.4, -0.2) is 21.8 Å². The SMILES string of the molecule is O=C1CSC(=Nc2ccc([N+](=O)[O-])cc2)N1c1cccc2ccccc12. The van der Waals surface area contributed by atoms with Crippen molar-refractivity contribution in [2.24, 2.45) is 4.99 Å². The molecular weight excluding hydrogens is 350 g/mol. The molecule has 0 aliphatic carbocycles. The van der Waals surface area contributed by atoms with Gasteiger partial charge in [0.25, 0.3) is 5.69 Å². The van der Waals surface area contributed by atoms with E-state index >= 15 is 0 Å². The van der Waals surface area contributed by atoms with E-state index in [2.05, 4.69) is 4.99 Å². The summed E-state index contributed by atoms with van der Waals surface area (Å²) in [6.45, 7) is 0. The molecule has 6 nitrogen and oxygen atoms in total. The Hall–Kier alpha value is -3.19. The Balaban J connectivity index is 1.76. The lowest BCUT2D eigenvalue weighted by Crippen LogP contribution is -2.29. The Morgan fingerprint density at radius 1 is 1.00 bits per heavy atom. The molecule has 0 radical (unpaired) electrons. The number of nitrogens with zero attached hydrogens (tertiary/aromatic N) is 3. The molecule has 0 spiro atoms. The molecule has 1 amide bonds. The molecule has 3 aromatic carbocycles. The highest BCUT2D eigenvalue weighted by Crippen LogP contribution is 2.34. The molecule has 1 aliphatic rings. The maximum Gasteiger partial charge on any atom is 0.269 e. The van der Waals surface area contributed by atoms with Gasteiger partial charge in [-0.3, -0.25) is 19.8 Å². The normalized spacial score (nSPS) is 15.8. The van der Waals surface area contributed by atoms with E-state index in [1.54, 1.807) is 17.0 Å². The Morgan fingerprint density at radius 2 is 1.73 bits per heavy atom. The third-order valence-corrected chi connectivity index (χ3v) is 4.98. The number of carbonyl (C=O) groups is 1. The van der Waals surface area contributed by atoms with Gasteiger partial charge >= 0.3 is 0 Å². The highest BCUT2D eigenvalue weighted by molar-refractivity contribution is 8.15. The van der Waals surface area contributed by atoms with Crippen molar-refractivity contribution < 1.29 is 9.72 Å². The summed E-state index contributed by atoms with van der Waals surface area (Å²) >= 11 is 1.36. The van der Waals surface area contributed by atoms with E-state index in [1.807, 2.05) is 42.5 Å². The number of amides is 1. The lowest BCUT2D eigenvalue weighted by molar-refractivity contribution is -0.384. The summed E-state index contributed by atoms with van der Waals surface area (Å²) in [4.78, 5) is 29.0. The molecule has 26 heavy (non-hydrogen) atoms. The quantitative estimate of drug-likeness (QED) is 0.506. The smallest absolute Gasteiger partial charge is 0.269 e. The number of thioether (sulfide) groups is 1. The molecule has 1 saturated heterocycles. The molecule has 3 aromatic rings. The molecule has 0 aromatic heterocycles. The molecule has 0 atom stereocenters. The number of amidine groups is 1. The predicted molar refractivity (Wildman–Crippen MR) is 104 cm³/mol. The van der Waals surface area contributed by atoms with Gasteiger partial charge in [0, 0.05) is 17.5 Å². The van der Waals surface area contributed by atoms with Crippen LogP contribution in [0.5, 0.6) is 0 Å². The average Bonchev–Trinajstić information content (AvgIpc) is 3.02. The first-order chi connectivity index (χ1) is 12.6. The van der Waals surface area contributed by atoms with Crippen LogP contribution in [0.4, 0.5) is 17.1 Å². The summed E-state index contributed by atoms with van der Waals surface area (Å²) in [6, 6.07) is 19.7. The highest BCUT2D eigenvalue weighted by atomic mass is 32.2. The van der Waals surface area contributed by atoms with Gasteiger partial charge < -0.3 is 0 Å². The molecule has 1 heterocycles. The number of nitro groups is 1. The first-order valence-electron chi connectivity index (χ1n) is 7.90. The number of non-ortho nitro benzene ring substituents is 1. The lowest BCUT2D eigenvalue weighted by Gasteiger charge is -2.18. The van der Waals surface area contributed by atoms with Crippen molar-refractivity contribution in [2.75, 3.05) is 10.7 Å². The van der Waals surface area contributed by atoms with Crippen LogP contribution < -0.4 is 4.90 Å². The van der Waals surface area contributed by atoms with Gasteiger partial charge in [0.15, 0.2) is 5.17 Å². The number of nitro benzene ring substituents is 1. The van der Waals surface area contributed by atoms with Gasteiger partial charge in [0.05, 0.1) is 22.1 Å². The van der Waals surface area contributed by atoms with Crippen LogP contribution in [0.2, 0.25) is 0 Å². The molecular formula is C19H13N3O3S. The number of hydrogen-bond donors (Lipinski definition) is 0. The van der Waals surface area contributed by atoms with Gasteiger partial charge in [0.1, 0.15) is 0 Å². The summed E-state index contributed by atoms with van der Waals surface area (Å²) in [7, 11) is 0. The number of carbonyl (C=O) groups excluding carboxylic acids is 1. The Morgan fingerprint density at radius 3 is 2.50 bits per heavy atom. The molecule has 0 bridgehead atoms. The second-order valence-corrected chi connectivity index (χ2v) is 6.63. The zero-order valence-electron chi connectivity index (χ0n) is 13.5. The number of rotatable bonds is 3. The van der Waals surface area contributed by atoms with Gasteiger partial charge in [-0.25, -0.2) is 4.99 Å². The fourth-order valence-corrected chi connectivity index (χ4v) is 3.73. The van der Waals surface area contributed by atoms with Crippen molar-refractivity contribution in [3.8, 4) is 0 Å². The largest absolute Gasteiger partial charge is 0.273 e. The topological polar surface area (TPSA) is 75.8 Å². The minimum atomic E-state index is -0.451. The summed E-state index contributed by atoms with van der Waals surface area (Å²) in [5, 5.41) is 13.4. The number of fused-ring (bicyclic) bond motifs is 1. The highest BCUT2D eigenvalue weighted by Gasteiger charge is 2.30. The minimum Gasteiger partial charge on any atom is -0.273 e. The van der Waals surface area contributed by atoms with Crippen molar-refractivity contribution >= 4 is 50.7 Å². The average molecular weight is 363 g/mol. The van der Waals surface area contributed by atoms with Crippen molar-refractivity contribution in [3.05, 3.63) is 76.8 Å². The fraction of sp³-hybridized carbons (Fsp3) is 0.0526. The summed E-state index contributed by atoms with van der Waals surface area (Å²) < 4.78 is 0. The molecule has 128 valence electrons. The molecule has 1 aliphatic heterocycles. The second-order valence-electron chi connectivity index (χ2n) is 5.68. The second kappa shape index (κ2) is 6.61. The van der Waals surface area contributed by atoms with E-state index in [0.29, 0.717) is 16.6 Å². The summed E-state index contributed by atoms with van der Waals surface area (Å²) in [5.41, 5.74) is 1.37.